The number of carbonyl (C=O) groups excluding carboxylic acids is 2. The highest BCUT2D eigenvalue weighted by Crippen LogP contribution is 2.55. The third-order valence-corrected chi connectivity index (χ3v) is 10.9. The van der Waals surface area contributed by atoms with Gasteiger partial charge in [0.1, 0.15) is 11.9 Å². The number of nitrogens with one attached hydrogen (secondary N) is 2. The van der Waals surface area contributed by atoms with Gasteiger partial charge in [0.2, 0.25) is 10.0 Å². The highest BCUT2D eigenvalue weighted by atomic mass is 35.5. The predicted molar refractivity (Wildman–Crippen MR) is 151 cm³/mol. The number of carbonyl (C=O) groups is 2. The number of ether oxygens (including phenoxy) is 1. The highest BCUT2D eigenvalue weighted by Gasteiger charge is 2.55. The zero-order valence-electron chi connectivity index (χ0n) is 22.2. The molecule has 3 heterocycles. The van der Waals surface area contributed by atoms with E-state index in [9.17, 15) is 22.4 Å². The van der Waals surface area contributed by atoms with Crippen molar-refractivity contribution < 1.29 is 27.1 Å². The summed E-state index contributed by atoms with van der Waals surface area (Å²) in [6.45, 7) is 2.49. The van der Waals surface area contributed by atoms with Crippen molar-refractivity contribution in [3.8, 4) is 0 Å². The Bertz CT molecular complexity index is 1550. The summed E-state index contributed by atoms with van der Waals surface area (Å²) in [7, 11) is -3.72. The minimum Gasteiger partial charge on any atom is -0.463 e. The Morgan fingerprint density at radius 1 is 1.32 bits per heavy atom. The van der Waals surface area contributed by atoms with Gasteiger partial charge in [0.05, 0.1) is 23.5 Å². The lowest BCUT2D eigenvalue weighted by Gasteiger charge is -2.31. The lowest BCUT2D eigenvalue weighted by molar-refractivity contribution is -0.139. The van der Waals surface area contributed by atoms with Crippen LogP contribution >= 0.6 is 22.9 Å². The molecule has 2 aromatic rings. The number of amides is 1. The van der Waals surface area contributed by atoms with E-state index in [0.29, 0.717) is 47.9 Å². The highest BCUT2D eigenvalue weighted by molar-refractivity contribution is 7.90. The van der Waals surface area contributed by atoms with Gasteiger partial charge in [-0.3, -0.25) is 19.4 Å². The van der Waals surface area contributed by atoms with Crippen molar-refractivity contribution >= 4 is 50.7 Å². The molecule has 41 heavy (non-hydrogen) atoms. The van der Waals surface area contributed by atoms with E-state index in [4.69, 9.17) is 21.3 Å². The normalized spacial score (nSPS) is 23.7. The van der Waals surface area contributed by atoms with Crippen molar-refractivity contribution in [1.29, 1.82) is 0 Å². The fourth-order valence-corrected chi connectivity index (χ4v) is 7.75. The molecule has 2 saturated carbocycles. The second-order valence-corrected chi connectivity index (χ2v) is 14.2. The molecule has 1 amide bonds. The minimum atomic E-state index is -3.72. The molecule has 6 rings (SSSR count). The Kier molecular flexibility index (Phi) is 7.41. The number of thiazole rings is 1. The maximum Gasteiger partial charge on any atom is 0.338 e. The number of benzene rings is 1. The predicted octanol–water partition coefficient (Wildman–Crippen LogP) is 3.31. The van der Waals surface area contributed by atoms with Gasteiger partial charge in [-0.1, -0.05) is 17.7 Å². The molecule has 1 spiro atoms. The molecular weight excluding hydrogens is 593 g/mol. The standard InChI is InChI=1S/C27H29ClFN5O5S2/c1-2-39-26(36)21-19(13-34-14-27(7-8-27)12-20(34)24(35)33-41(37,38)16-4-5-16)31-23(25-30-9-10-40-25)32-22(21)17-6-3-15(29)11-18(17)28/h3,6,9-11,16,20,22H,2,4-5,7-8,12-14H2,1H3,(H,31,32)(H,33,35)/t20-,22?/m0/s1. The quantitative estimate of drug-likeness (QED) is 0.408. The molecule has 3 fully saturated rings. The van der Waals surface area contributed by atoms with Gasteiger partial charge in [-0.2, -0.15) is 0 Å². The van der Waals surface area contributed by atoms with Gasteiger partial charge in [0.15, 0.2) is 10.8 Å². The van der Waals surface area contributed by atoms with Gasteiger partial charge in [-0.15, -0.1) is 11.3 Å². The van der Waals surface area contributed by atoms with Crippen LogP contribution in [0.5, 0.6) is 0 Å². The van der Waals surface area contributed by atoms with Crippen LogP contribution in [0.25, 0.3) is 0 Å². The smallest absolute Gasteiger partial charge is 0.338 e. The van der Waals surface area contributed by atoms with E-state index in [0.717, 1.165) is 18.9 Å². The lowest BCUT2D eigenvalue weighted by Crippen LogP contribution is -2.48. The summed E-state index contributed by atoms with van der Waals surface area (Å²) in [5.74, 6) is -1.31. The van der Waals surface area contributed by atoms with Crippen LogP contribution in [0.3, 0.4) is 0 Å². The Morgan fingerprint density at radius 3 is 2.73 bits per heavy atom. The Labute approximate surface area is 246 Å². The molecule has 10 nitrogen and oxygen atoms in total. The first-order valence-electron chi connectivity index (χ1n) is 13.5. The van der Waals surface area contributed by atoms with E-state index in [2.05, 4.69) is 15.0 Å². The number of aromatic nitrogens is 1. The fourth-order valence-electron chi connectivity index (χ4n) is 5.55. The van der Waals surface area contributed by atoms with Crippen molar-refractivity contribution in [3.05, 3.63) is 62.5 Å². The molecule has 4 aliphatic rings. The van der Waals surface area contributed by atoms with Crippen LogP contribution in [0.2, 0.25) is 5.02 Å². The van der Waals surface area contributed by atoms with Crippen molar-refractivity contribution in [2.45, 2.75) is 56.4 Å². The molecular formula is C27H29ClFN5O5S2. The first-order valence-corrected chi connectivity index (χ1v) is 16.3. The van der Waals surface area contributed by atoms with Crippen LogP contribution in [-0.4, -0.2) is 67.0 Å². The molecule has 1 unspecified atom stereocenters. The Hall–Kier alpha value is -2.87. The Balaban J connectivity index is 1.39. The van der Waals surface area contributed by atoms with Crippen LogP contribution < -0.4 is 10.0 Å². The second kappa shape index (κ2) is 10.8. The number of amidine groups is 1. The van der Waals surface area contributed by atoms with Gasteiger partial charge in [0.25, 0.3) is 5.91 Å². The van der Waals surface area contributed by atoms with Crippen LogP contribution in [0.4, 0.5) is 4.39 Å². The first kappa shape index (κ1) is 28.3. The third kappa shape index (κ3) is 5.77. The summed E-state index contributed by atoms with van der Waals surface area (Å²) < 4.78 is 46.9. The van der Waals surface area contributed by atoms with Crippen molar-refractivity contribution in [2.75, 3.05) is 19.7 Å². The van der Waals surface area contributed by atoms with E-state index in [1.165, 1.54) is 23.5 Å². The largest absolute Gasteiger partial charge is 0.463 e. The molecule has 1 aromatic heterocycles. The Morgan fingerprint density at radius 2 is 2.10 bits per heavy atom. The number of hydrogen-bond donors (Lipinski definition) is 2. The molecule has 2 aliphatic carbocycles. The summed E-state index contributed by atoms with van der Waals surface area (Å²) in [5, 5.41) is 5.19. The van der Waals surface area contributed by atoms with Crippen LogP contribution in [-0.2, 0) is 24.3 Å². The molecule has 2 atom stereocenters. The topological polar surface area (TPSA) is 130 Å². The number of sulfonamides is 1. The van der Waals surface area contributed by atoms with Crippen molar-refractivity contribution in [1.82, 2.24) is 19.9 Å². The molecule has 0 bridgehead atoms. The average Bonchev–Trinajstić information content (AvgIpc) is 3.81. The number of rotatable bonds is 9. The average molecular weight is 622 g/mol. The lowest BCUT2D eigenvalue weighted by atomic mass is 9.95. The number of nitrogens with zero attached hydrogens (tertiary/aromatic N) is 3. The number of hydrogen-bond acceptors (Lipinski definition) is 10. The van der Waals surface area contributed by atoms with Gasteiger partial charge >= 0.3 is 5.97 Å². The zero-order chi connectivity index (χ0) is 28.9. The number of likely N-dealkylation sites (tertiary alicyclic amines) is 1. The van der Waals surface area contributed by atoms with Gasteiger partial charge in [-0.05, 0) is 56.6 Å². The summed E-state index contributed by atoms with van der Waals surface area (Å²) >= 11 is 7.81. The number of esters is 1. The third-order valence-electron chi connectivity index (χ3n) is 7.95. The maximum absolute atomic E-state index is 14.0. The second-order valence-electron chi connectivity index (χ2n) is 11.0. The SMILES string of the molecule is CCOC(=O)C1=C(CN2CC3(CC3)C[C@H]2C(=O)NS(=O)(=O)C2CC2)NC(c2nccs2)=NC1c1ccc(F)cc1Cl. The summed E-state index contributed by atoms with van der Waals surface area (Å²) in [4.78, 5) is 37.9. The van der Waals surface area contributed by atoms with Crippen LogP contribution in [0, 0.1) is 11.2 Å². The fraction of sp³-hybridized carbons (Fsp3) is 0.481. The number of aliphatic imine (C=N–C) groups is 1. The van der Waals surface area contributed by atoms with Gasteiger partial charge in [0, 0.05) is 40.9 Å². The van der Waals surface area contributed by atoms with Crippen LogP contribution in [0.15, 0.2) is 46.0 Å². The molecule has 1 aromatic carbocycles. The molecule has 14 heteroatoms. The first-order chi connectivity index (χ1) is 19.6. The van der Waals surface area contributed by atoms with Gasteiger partial charge in [-0.25, -0.2) is 22.6 Å². The molecule has 2 aliphatic heterocycles. The van der Waals surface area contributed by atoms with E-state index in [-0.39, 0.29) is 29.2 Å². The summed E-state index contributed by atoms with van der Waals surface area (Å²) in [6.07, 6.45) is 5.15. The van der Waals surface area contributed by atoms with Crippen molar-refractivity contribution in [3.63, 3.8) is 0 Å². The minimum absolute atomic E-state index is 0.0590. The van der Waals surface area contributed by atoms with E-state index in [1.807, 2.05) is 4.90 Å². The maximum atomic E-state index is 14.0. The van der Waals surface area contributed by atoms with Crippen molar-refractivity contribution in [2.24, 2.45) is 10.4 Å². The summed E-state index contributed by atoms with van der Waals surface area (Å²) in [5.41, 5.74) is 0.974. The van der Waals surface area contributed by atoms with E-state index >= 15 is 0 Å². The molecule has 1 saturated heterocycles. The molecule has 218 valence electrons. The van der Waals surface area contributed by atoms with Crippen LogP contribution in [0.1, 0.15) is 55.6 Å². The number of halogens is 2. The molecule has 2 N–H and O–H groups in total. The summed E-state index contributed by atoms with van der Waals surface area (Å²) in [6, 6.07) is 2.28. The van der Waals surface area contributed by atoms with Gasteiger partial charge < -0.3 is 10.1 Å². The molecule has 0 radical (unpaired) electrons. The monoisotopic (exact) mass is 621 g/mol. The van der Waals surface area contributed by atoms with E-state index < -0.39 is 45.1 Å². The zero-order valence-corrected chi connectivity index (χ0v) is 24.6. The van der Waals surface area contributed by atoms with E-state index in [1.54, 1.807) is 18.5 Å².